The molecule has 0 atom stereocenters. The van der Waals surface area contributed by atoms with Crippen molar-refractivity contribution in [2.75, 3.05) is 6.54 Å². The summed E-state index contributed by atoms with van der Waals surface area (Å²) in [5.41, 5.74) is 0.987. The highest BCUT2D eigenvalue weighted by atomic mass is 16.5. The Morgan fingerprint density at radius 2 is 1.92 bits per heavy atom. The maximum Gasteiger partial charge on any atom is 0.256 e. The molecule has 0 aliphatic heterocycles. The molecule has 0 unspecified atom stereocenters. The summed E-state index contributed by atoms with van der Waals surface area (Å²) in [6.45, 7) is 5.75. The molecule has 3 rings (SSSR count). The van der Waals surface area contributed by atoms with Gasteiger partial charge in [0.15, 0.2) is 0 Å². The summed E-state index contributed by atoms with van der Waals surface area (Å²) in [6.07, 6.45) is 10.8. The molecule has 2 amide bonds. The van der Waals surface area contributed by atoms with Gasteiger partial charge in [-0.3, -0.25) is 9.59 Å². The van der Waals surface area contributed by atoms with Crippen molar-refractivity contribution in [2.24, 2.45) is 0 Å². The number of amides is 2. The van der Waals surface area contributed by atoms with Crippen LogP contribution >= 0.6 is 0 Å². The largest absolute Gasteiger partial charge is 0.361 e. The Morgan fingerprint density at radius 1 is 1.23 bits per heavy atom. The predicted molar refractivity (Wildman–Crippen MR) is 98.9 cm³/mol. The number of hydrogen-bond donors (Lipinski definition) is 2. The summed E-state index contributed by atoms with van der Waals surface area (Å²) in [5, 5.41) is 10.3. The number of hydrogen-bond acceptors (Lipinski definition) is 4. The maximum atomic E-state index is 12.9. The molecule has 1 heterocycles. The van der Waals surface area contributed by atoms with E-state index >= 15 is 0 Å². The van der Waals surface area contributed by atoms with E-state index < -0.39 is 5.54 Å². The topological polar surface area (TPSA) is 84.2 Å². The van der Waals surface area contributed by atoms with Gasteiger partial charge in [0.2, 0.25) is 5.91 Å². The van der Waals surface area contributed by atoms with Crippen LogP contribution in [0.5, 0.6) is 0 Å². The highest BCUT2D eigenvalue weighted by Gasteiger charge is 2.35. The molecule has 0 saturated heterocycles. The van der Waals surface area contributed by atoms with Crippen molar-refractivity contribution in [2.45, 2.75) is 76.2 Å². The molecule has 1 aromatic heterocycles. The van der Waals surface area contributed by atoms with Crippen molar-refractivity contribution >= 4 is 11.8 Å². The average molecular weight is 359 g/mol. The Balaban J connectivity index is 1.71. The summed E-state index contributed by atoms with van der Waals surface area (Å²) in [6, 6.07) is 0. The van der Waals surface area contributed by atoms with Crippen molar-refractivity contribution in [1.29, 1.82) is 0 Å². The first-order valence-electron chi connectivity index (χ1n) is 9.73. The SMILES string of the molecule is C=CC(=O)NC1(CNC(=O)c2c(C3CCCC3)noc2C)CCCCC1. The van der Waals surface area contributed by atoms with Gasteiger partial charge in [-0.2, -0.15) is 0 Å². The van der Waals surface area contributed by atoms with Gasteiger partial charge < -0.3 is 15.2 Å². The average Bonchev–Trinajstić information content (AvgIpc) is 3.30. The third kappa shape index (κ3) is 4.00. The van der Waals surface area contributed by atoms with Crippen molar-refractivity contribution in [3.8, 4) is 0 Å². The van der Waals surface area contributed by atoms with Crippen LogP contribution in [0.15, 0.2) is 17.2 Å². The molecule has 0 bridgehead atoms. The molecule has 0 spiro atoms. The zero-order valence-electron chi connectivity index (χ0n) is 15.6. The molecule has 26 heavy (non-hydrogen) atoms. The predicted octanol–water partition coefficient (Wildman–Crippen LogP) is 3.38. The first-order chi connectivity index (χ1) is 12.5. The van der Waals surface area contributed by atoms with Crippen molar-refractivity contribution in [3.63, 3.8) is 0 Å². The summed E-state index contributed by atoms with van der Waals surface area (Å²) >= 11 is 0. The van der Waals surface area contributed by atoms with E-state index in [0.29, 0.717) is 23.8 Å². The first kappa shape index (κ1) is 18.7. The van der Waals surface area contributed by atoms with E-state index in [1.165, 1.54) is 18.9 Å². The van der Waals surface area contributed by atoms with Crippen LogP contribution in [0, 0.1) is 6.92 Å². The first-order valence-corrected chi connectivity index (χ1v) is 9.73. The third-order valence-electron chi connectivity index (χ3n) is 5.83. The van der Waals surface area contributed by atoms with Gasteiger partial charge in [0.25, 0.3) is 5.91 Å². The van der Waals surface area contributed by atoms with Crippen LogP contribution in [0.25, 0.3) is 0 Å². The highest BCUT2D eigenvalue weighted by molar-refractivity contribution is 5.96. The number of rotatable bonds is 6. The minimum Gasteiger partial charge on any atom is -0.361 e. The smallest absolute Gasteiger partial charge is 0.256 e. The normalized spacial score (nSPS) is 19.9. The van der Waals surface area contributed by atoms with E-state index in [2.05, 4.69) is 22.4 Å². The summed E-state index contributed by atoms with van der Waals surface area (Å²) in [7, 11) is 0. The zero-order chi connectivity index (χ0) is 18.6. The van der Waals surface area contributed by atoms with Crippen molar-refractivity contribution in [1.82, 2.24) is 15.8 Å². The Morgan fingerprint density at radius 3 is 2.58 bits per heavy atom. The molecule has 1 aromatic rings. The zero-order valence-corrected chi connectivity index (χ0v) is 15.6. The van der Waals surface area contributed by atoms with Gasteiger partial charge in [-0.05, 0) is 38.7 Å². The number of nitrogens with one attached hydrogen (secondary N) is 2. The Kier molecular flexibility index (Phi) is 5.79. The molecule has 2 saturated carbocycles. The number of carbonyl (C=O) groups is 2. The van der Waals surface area contributed by atoms with Crippen LogP contribution < -0.4 is 10.6 Å². The second-order valence-electron chi connectivity index (χ2n) is 7.70. The van der Waals surface area contributed by atoms with Crippen LogP contribution in [0.4, 0.5) is 0 Å². The van der Waals surface area contributed by atoms with Crippen LogP contribution in [0.1, 0.15) is 85.5 Å². The number of aryl methyl sites for hydroxylation is 1. The number of nitrogens with zero attached hydrogens (tertiary/aromatic N) is 1. The van der Waals surface area contributed by atoms with Crippen LogP contribution in [0.3, 0.4) is 0 Å². The molecule has 2 aliphatic rings. The van der Waals surface area contributed by atoms with Crippen molar-refractivity contribution < 1.29 is 14.1 Å². The molecule has 2 N–H and O–H groups in total. The summed E-state index contributed by atoms with van der Waals surface area (Å²) < 4.78 is 5.33. The monoisotopic (exact) mass is 359 g/mol. The lowest BCUT2D eigenvalue weighted by molar-refractivity contribution is -0.118. The van der Waals surface area contributed by atoms with Gasteiger partial charge in [-0.25, -0.2) is 0 Å². The molecular formula is C20H29N3O3. The fraction of sp³-hybridized carbons (Fsp3) is 0.650. The molecule has 2 aliphatic carbocycles. The minimum absolute atomic E-state index is 0.150. The molecule has 6 heteroatoms. The molecular weight excluding hydrogens is 330 g/mol. The lowest BCUT2D eigenvalue weighted by Gasteiger charge is -2.38. The van der Waals surface area contributed by atoms with E-state index in [9.17, 15) is 9.59 Å². The molecule has 0 aromatic carbocycles. The summed E-state index contributed by atoms with van der Waals surface area (Å²) in [5.74, 6) is 0.548. The van der Waals surface area contributed by atoms with E-state index in [-0.39, 0.29) is 11.8 Å². The van der Waals surface area contributed by atoms with Gasteiger partial charge in [0.05, 0.1) is 11.2 Å². The summed E-state index contributed by atoms with van der Waals surface area (Å²) in [4.78, 5) is 24.8. The molecule has 2 fully saturated rings. The number of carbonyl (C=O) groups excluding carboxylic acids is 2. The molecule has 0 radical (unpaired) electrons. The molecule has 6 nitrogen and oxygen atoms in total. The van der Waals surface area contributed by atoms with E-state index in [0.717, 1.165) is 50.6 Å². The Bertz CT molecular complexity index is 668. The lowest BCUT2D eigenvalue weighted by Crippen LogP contribution is -2.56. The minimum atomic E-state index is -0.391. The highest BCUT2D eigenvalue weighted by Crippen LogP contribution is 2.36. The second kappa shape index (κ2) is 8.06. The van der Waals surface area contributed by atoms with Gasteiger partial charge >= 0.3 is 0 Å². The van der Waals surface area contributed by atoms with E-state index in [4.69, 9.17) is 4.52 Å². The van der Waals surface area contributed by atoms with Crippen LogP contribution in [0.2, 0.25) is 0 Å². The second-order valence-corrected chi connectivity index (χ2v) is 7.70. The van der Waals surface area contributed by atoms with Crippen LogP contribution in [-0.4, -0.2) is 29.1 Å². The van der Waals surface area contributed by atoms with E-state index in [1.807, 2.05) is 0 Å². The fourth-order valence-corrected chi connectivity index (χ4v) is 4.37. The van der Waals surface area contributed by atoms with Crippen LogP contribution in [-0.2, 0) is 4.79 Å². The fourth-order valence-electron chi connectivity index (χ4n) is 4.37. The van der Waals surface area contributed by atoms with Gasteiger partial charge in [0.1, 0.15) is 11.3 Å². The Labute approximate surface area is 154 Å². The Hall–Kier alpha value is -2.11. The van der Waals surface area contributed by atoms with E-state index in [1.54, 1.807) is 6.92 Å². The lowest BCUT2D eigenvalue weighted by atomic mass is 9.81. The number of aromatic nitrogens is 1. The standard InChI is InChI=1S/C20H29N3O3/c1-3-16(24)22-20(11-7-4-8-12-20)13-21-19(25)17-14(2)26-23-18(17)15-9-5-6-10-15/h3,15H,1,4-13H2,2H3,(H,21,25)(H,22,24). The van der Waals surface area contributed by atoms with Crippen molar-refractivity contribution in [3.05, 3.63) is 29.7 Å². The van der Waals surface area contributed by atoms with Gasteiger partial charge in [-0.1, -0.05) is 43.8 Å². The quantitative estimate of drug-likeness (QED) is 0.763. The van der Waals surface area contributed by atoms with Gasteiger partial charge in [-0.15, -0.1) is 0 Å². The molecule has 142 valence electrons. The third-order valence-corrected chi connectivity index (χ3v) is 5.83. The maximum absolute atomic E-state index is 12.9. The van der Waals surface area contributed by atoms with Gasteiger partial charge in [0, 0.05) is 12.5 Å².